The van der Waals surface area contributed by atoms with E-state index in [0.29, 0.717) is 6.61 Å². The normalized spacial score (nSPS) is 13.6. The Kier molecular flexibility index (Phi) is 12.7. The van der Waals surface area contributed by atoms with E-state index in [4.69, 9.17) is 9.47 Å². The highest BCUT2D eigenvalue weighted by molar-refractivity contribution is 5.22. The summed E-state index contributed by atoms with van der Waals surface area (Å²) in [4.78, 5) is 0. The molecule has 0 amide bonds. The molecular formula is C19H36N4O2. The van der Waals surface area contributed by atoms with E-state index in [1.807, 2.05) is 53.7 Å². The largest absolute Gasteiger partial charge is 0.384 e. The quantitative estimate of drug-likeness (QED) is 0.804. The molecular weight excluding hydrogens is 316 g/mol. The molecule has 1 aliphatic carbocycles. The fraction of sp³-hybridized carbons (Fsp3) is 0.684. The molecule has 1 saturated carbocycles. The van der Waals surface area contributed by atoms with Crippen molar-refractivity contribution in [2.75, 3.05) is 13.7 Å². The van der Waals surface area contributed by atoms with Crippen molar-refractivity contribution in [3.63, 3.8) is 0 Å². The van der Waals surface area contributed by atoms with Crippen LogP contribution in [0.15, 0.2) is 24.5 Å². The van der Waals surface area contributed by atoms with Gasteiger partial charge >= 0.3 is 0 Å². The molecule has 2 aromatic heterocycles. The highest BCUT2D eigenvalue weighted by Crippen LogP contribution is 2.47. The summed E-state index contributed by atoms with van der Waals surface area (Å²) >= 11 is 0. The number of nitrogens with one attached hydrogen (secondary N) is 2. The topological polar surface area (TPSA) is 75.8 Å². The van der Waals surface area contributed by atoms with Gasteiger partial charge in [-0.05, 0) is 38.8 Å². The Labute approximate surface area is 152 Å². The molecule has 2 N–H and O–H groups in total. The zero-order valence-corrected chi connectivity index (χ0v) is 16.9. The van der Waals surface area contributed by atoms with Gasteiger partial charge in [0.05, 0.1) is 25.0 Å². The average Bonchev–Trinajstić information content (AvgIpc) is 3.07. The van der Waals surface area contributed by atoms with Crippen molar-refractivity contribution in [3.05, 3.63) is 35.9 Å². The van der Waals surface area contributed by atoms with Crippen LogP contribution < -0.4 is 0 Å². The Balaban J connectivity index is 0.000000387. The van der Waals surface area contributed by atoms with E-state index in [1.165, 1.54) is 18.5 Å². The maximum absolute atomic E-state index is 5.31. The monoisotopic (exact) mass is 352 g/mol. The fourth-order valence-corrected chi connectivity index (χ4v) is 2.09. The van der Waals surface area contributed by atoms with E-state index in [2.05, 4.69) is 20.4 Å². The van der Waals surface area contributed by atoms with Crippen LogP contribution in [0.5, 0.6) is 0 Å². The lowest BCUT2D eigenvalue weighted by atomic mass is 10.1. The van der Waals surface area contributed by atoms with Crippen LogP contribution in [0.25, 0.3) is 0 Å². The number of rotatable bonds is 6. The third kappa shape index (κ3) is 8.84. The zero-order chi connectivity index (χ0) is 19.1. The van der Waals surface area contributed by atoms with Gasteiger partial charge < -0.3 is 9.47 Å². The fourth-order valence-electron chi connectivity index (χ4n) is 2.09. The van der Waals surface area contributed by atoms with Gasteiger partial charge in [0.25, 0.3) is 0 Å². The first-order valence-corrected chi connectivity index (χ1v) is 9.25. The Bertz CT molecular complexity index is 491. The number of H-pyrrole nitrogens is 2. The van der Waals surface area contributed by atoms with Gasteiger partial charge in [-0.25, -0.2) is 0 Å². The number of nitrogens with zero attached hydrogens (tertiary/aromatic N) is 2. The Morgan fingerprint density at radius 3 is 2.04 bits per heavy atom. The summed E-state index contributed by atoms with van der Waals surface area (Å²) in [6, 6.07) is 3.94. The molecule has 2 heterocycles. The van der Waals surface area contributed by atoms with E-state index in [-0.39, 0.29) is 11.5 Å². The van der Waals surface area contributed by atoms with Crippen molar-refractivity contribution >= 4 is 0 Å². The van der Waals surface area contributed by atoms with Gasteiger partial charge in [0.2, 0.25) is 0 Å². The minimum Gasteiger partial charge on any atom is -0.384 e. The molecule has 6 nitrogen and oxygen atoms in total. The summed E-state index contributed by atoms with van der Waals surface area (Å²) in [5.41, 5.74) is 2.53. The molecule has 0 aromatic carbocycles. The predicted octanol–water partition coefficient (Wildman–Crippen LogP) is 4.47. The molecule has 0 aliphatic heterocycles. The van der Waals surface area contributed by atoms with Crippen molar-refractivity contribution in [3.8, 4) is 0 Å². The molecule has 25 heavy (non-hydrogen) atoms. The summed E-state index contributed by atoms with van der Waals surface area (Å²) < 4.78 is 10.5. The zero-order valence-electron chi connectivity index (χ0n) is 16.9. The highest BCUT2D eigenvalue weighted by Gasteiger charge is 2.45. The van der Waals surface area contributed by atoms with E-state index in [0.717, 1.165) is 12.3 Å². The first kappa shape index (κ1) is 23.3. The first-order chi connectivity index (χ1) is 12.2. The maximum atomic E-state index is 5.31. The molecule has 3 rings (SSSR count). The van der Waals surface area contributed by atoms with E-state index in [9.17, 15) is 0 Å². The second kappa shape index (κ2) is 13.6. The Morgan fingerprint density at radius 1 is 1.04 bits per heavy atom. The van der Waals surface area contributed by atoms with Crippen molar-refractivity contribution < 1.29 is 9.47 Å². The number of hydrogen-bond acceptors (Lipinski definition) is 4. The summed E-state index contributed by atoms with van der Waals surface area (Å²) in [5.74, 6) is 0. The van der Waals surface area contributed by atoms with Gasteiger partial charge in [0.15, 0.2) is 0 Å². The predicted molar refractivity (Wildman–Crippen MR) is 103 cm³/mol. The van der Waals surface area contributed by atoms with Crippen LogP contribution >= 0.6 is 0 Å². The number of aromatic nitrogens is 4. The van der Waals surface area contributed by atoms with Crippen molar-refractivity contribution in [2.24, 2.45) is 0 Å². The van der Waals surface area contributed by atoms with Crippen LogP contribution in [0.4, 0.5) is 0 Å². The van der Waals surface area contributed by atoms with Gasteiger partial charge in [0, 0.05) is 30.6 Å². The van der Waals surface area contributed by atoms with Crippen LogP contribution in [-0.2, 0) is 21.5 Å². The maximum Gasteiger partial charge on any atom is 0.0885 e. The molecule has 0 radical (unpaired) electrons. The molecule has 0 spiro atoms. The summed E-state index contributed by atoms with van der Waals surface area (Å²) in [7, 11) is 1.75. The molecule has 1 fully saturated rings. The van der Waals surface area contributed by atoms with Gasteiger partial charge in [-0.1, -0.05) is 27.7 Å². The molecule has 1 aliphatic rings. The summed E-state index contributed by atoms with van der Waals surface area (Å²) in [6.45, 7) is 13.5. The SMILES string of the molecule is CC.CC.CC(C)OCc1ccn[nH]1.COCC1(c2ccn[nH]2)CC1. The molecule has 0 atom stereocenters. The molecule has 144 valence electrons. The summed E-state index contributed by atoms with van der Waals surface area (Å²) in [6.07, 6.45) is 6.25. The first-order valence-electron chi connectivity index (χ1n) is 9.25. The van der Waals surface area contributed by atoms with E-state index in [1.54, 1.807) is 19.5 Å². The Morgan fingerprint density at radius 2 is 1.64 bits per heavy atom. The minimum atomic E-state index is 0.281. The number of methoxy groups -OCH3 is 1. The van der Waals surface area contributed by atoms with Crippen LogP contribution in [-0.4, -0.2) is 40.2 Å². The second-order valence-electron chi connectivity index (χ2n) is 5.63. The molecule has 6 heteroatoms. The number of aromatic amines is 2. The Hall–Kier alpha value is -1.66. The average molecular weight is 353 g/mol. The lowest BCUT2D eigenvalue weighted by Gasteiger charge is -2.10. The third-order valence-electron chi connectivity index (χ3n) is 3.48. The lowest BCUT2D eigenvalue weighted by molar-refractivity contribution is 0.0636. The minimum absolute atomic E-state index is 0.281. The van der Waals surface area contributed by atoms with Crippen LogP contribution in [0.3, 0.4) is 0 Å². The molecule has 0 bridgehead atoms. The van der Waals surface area contributed by atoms with Crippen molar-refractivity contribution in [2.45, 2.75) is 72.5 Å². The van der Waals surface area contributed by atoms with Crippen LogP contribution in [0.1, 0.15) is 65.8 Å². The third-order valence-corrected chi connectivity index (χ3v) is 3.48. The lowest BCUT2D eigenvalue weighted by Crippen LogP contribution is -2.14. The van der Waals surface area contributed by atoms with Crippen molar-refractivity contribution in [1.29, 1.82) is 0 Å². The highest BCUT2D eigenvalue weighted by atomic mass is 16.5. The second-order valence-corrected chi connectivity index (χ2v) is 5.63. The number of ether oxygens (including phenoxy) is 2. The van der Waals surface area contributed by atoms with Crippen molar-refractivity contribution in [1.82, 2.24) is 20.4 Å². The molecule has 2 aromatic rings. The van der Waals surface area contributed by atoms with Gasteiger partial charge in [-0.15, -0.1) is 0 Å². The van der Waals surface area contributed by atoms with Gasteiger partial charge in [0.1, 0.15) is 0 Å². The van der Waals surface area contributed by atoms with Crippen LogP contribution in [0, 0.1) is 0 Å². The van der Waals surface area contributed by atoms with E-state index < -0.39 is 0 Å². The van der Waals surface area contributed by atoms with Gasteiger partial charge in [-0.2, -0.15) is 10.2 Å². The standard InChI is InChI=1S/C8H12N2O.C7H12N2O.2C2H6/c1-11-6-8(3-4-8)7-2-5-9-10-7;1-6(2)10-5-7-3-4-8-9-7;2*1-2/h2,5H,3-4,6H2,1H3,(H,9,10);3-4,6H,5H2,1-2H3,(H,8,9);2*1-2H3. The molecule has 0 saturated heterocycles. The molecule has 0 unspecified atom stereocenters. The number of hydrogen-bond donors (Lipinski definition) is 2. The smallest absolute Gasteiger partial charge is 0.0885 e. The summed E-state index contributed by atoms with van der Waals surface area (Å²) in [5, 5.41) is 13.5. The van der Waals surface area contributed by atoms with Crippen LogP contribution in [0.2, 0.25) is 0 Å². The van der Waals surface area contributed by atoms with E-state index >= 15 is 0 Å². The van der Waals surface area contributed by atoms with Gasteiger partial charge in [-0.3, -0.25) is 10.2 Å².